The average molecular weight is 186 g/mol. The molecule has 0 fully saturated rings. The van der Waals surface area contributed by atoms with E-state index in [0.717, 1.165) is 25.1 Å². The van der Waals surface area contributed by atoms with Gasteiger partial charge in [0.25, 0.3) is 0 Å². The third-order valence-corrected chi connectivity index (χ3v) is 2.44. The van der Waals surface area contributed by atoms with Gasteiger partial charge in [-0.2, -0.15) is 0 Å². The molecule has 0 atom stereocenters. The molecule has 2 rings (SSSR count). The van der Waals surface area contributed by atoms with Crippen LogP contribution < -0.4 is 0 Å². The van der Waals surface area contributed by atoms with Gasteiger partial charge in [0.15, 0.2) is 5.82 Å². The molecule has 2 heteroatoms. The van der Waals surface area contributed by atoms with Crippen LogP contribution in [-0.4, -0.2) is 9.97 Å². The van der Waals surface area contributed by atoms with Crippen LogP contribution in [0.5, 0.6) is 0 Å². The van der Waals surface area contributed by atoms with Crippen molar-refractivity contribution in [3.8, 4) is 0 Å². The Balaban J connectivity index is 2.28. The fraction of sp³-hybridized carbons (Fsp3) is 0.333. The van der Waals surface area contributed by atoms with Gasteiger partial charge in [-0.05, 0) is 30.9 Å². The number of hydrogen-bond donors (Lipinski definition) is 0. The van der Waals surface area contributed by atoms with E-state index in [1.165, 1.54) is 11.1 Å². The van der Waals surface area contributed by atoms with Crippen LogP contribution in [0.25, 0.3) is 5.57 Å². The Kier molecular flexibility index (Phi) is 2.73. The van der Waals surface area contributed by atoms with Crippen molar-refractivity contribution in [3.63, 3.8) is 0 Å². The third kappa shape index (κ3) is 1.90. The van der Waals surface area contributed by atoms with Crippen LogP contribution in [0.4, 0.5) is 0 Å². The lowest BCUT2D eigenvalue weighted by Gasteiger charge is -2.11. The van der Waals surface area contributed by atoms with E-state index in [-0.39, 0.29) is 0 Å². The summed E-state index contributed by atoms with van der Waals surface area (Å²) in [5, 5.41) is 0. The van der Waals surface area contributed by atoms with Gasteiger partial charge in [0.1, 0.15) is 0 Å². The van der Waals surface area contributed by atoms with E-state index in [1.807, 2.05) is 6.07 Å². The number of rotatable bonds is 2. The molecule has 0 radical (unpaired) electrons. The zero-order chi connectivity index (χ0) is 9.80. The van der Waals surface area contributed by atoms with Gasteiger partial charge in [0, 0.05) is 12.4 Å². The highest BCUT2D eigenvalue weighted by Crippen LogP contribution is 2.24. The quantitative estimate of drug-likeness (QED) is 0.709. The fourth-order valence-corrected chi connectivity index (χ4v) is 1.66. The van der Waals surface area contributed by atoms with Gasteiger partial charge in [0.2, 0.25) is 0 Å². The zero-order valence-corrected chi connectivity index (χ0v) is 8.40. The summed E-state index contributed by atoms with van der Waals surface area (Å²) in [6.45, 7) is 2.18. The summed E-state index contributed by atoms with van der Waals surface area (Å²) < 4.78 is 0. The fourth-order valence-electron chi connectivity index (χ4n) is 1.66. The molecule has 0 saturated heterocycles. The monoisotopic (exact) mass is 186 g/mol. The van der Waals surface area contributed by atoms with Gasteiger partial charge in [-0.15, -0.1) is 0 Å². The smallest absolute Gasteiger partial charge is 0.154 e. The molecule has 0 aromatic carbocycles. The first-order chi connectivity index (χ1) is 6.90. The first-order valence-corrected chi connectivity index (χ1v) is 5.07. The standard InChI is InChI=1S/C12H14N2/c1-2-10-5-3-6-11(9-10)12-13-7-4-8-14-12/h4-5,7-9H,2-3,6H2,1H3. The molecular weight excluding hydrogens is 172 g/mol. The van der Waals surface area contributed by atoms with Crippen molar-refractivity contribution in [2.45, 2.75) is 26.2 Å². The Morgan fingerprint density at radius 1 is 1.29 bits per heavy atom. The SMILES string of the molecule is CCC1=CCCC(c2ncccn2)=C1. The molecule has 1 heterocycles. The van der Waals surface area contributed by atoms with E-state index in [4.69, 9.17) is 0 Å². The lowest BCUT2D eigenvalue weighted by molar-refractivity contribution is 0.969. The molecule has 1 aromatic heterocycles. The van der Waals surface area contributed by atoms with Crippen molar-refractivity contribution in [2.75, 3.05) is 0 Å². The van der Waals surface area contributed by atoms with E-state index < -0.39 is 0 Å². The minimum atomic E-state index is 0.881. The predicted octanol–water partition coefficient (Wildman–Crippen LogP) is 2.99. The highest BCUT2D eigenvalue weighted by Gasteiger charge is 2.08. The number of nitrogens with zero attached hydrogens (tertiary/aromatic N) is 2. The van der Waals surface area contributed by atoms with Gasteiger partial charge in [0.05, 0.1) is 0 Å². The highest BCUT2D eigenvalue weighted by atomic mass is 14.9. The van der Waals surface area contributed by atoms with E-state index in [0.29, 0.717) is 0 Å². The molecule has 0 saturated carbocycles. The molecular formula is C12H14N2. The largest absolute Gasteiger partial charge is 0.237 e. The summed E-state index contributed by atoms with van der Waals surface area (Å²) >= 11 is 0. The van der Waals surface area contributed by atoms with Crippen molar-refractivity contribution in [1.29, 1.82) is 0 Å². The molecule has 72 valence electrons. The lowest BCUT2D eigenvalue weighted by atomic mass is 9.97. The Hall–Kier alpha value is -1.44. The maximum Gasteiger partial charge on any atom is 0.154 e. The van der Waals surface area contributed by atoms with Crippen molar-refractivity contribution in [1.82, 2.24) is 9.97 Å². The summed E-state index contributed by atoms with van der Waals surface area (Å²) in [7, 11) is 0. The topological polar surface area (TPSA) is 25.8 Å². The highest BCUT2D eigenvalue weighted by molar-refractivity contribution is 5.64. The Bertz CT molecular complexity index is 363. The van der Waals surface area contributed by atoms with E-state index in [2.05, 4.69) is 29.0 Å². The molecule has 2 nitrogen and oxygen atoms in total. The van der Waals surface area contributed by atoms with Crippen LogP contribution in [0.2, 0.25) is 0 Å². The van der Waals surface area contributed by atoms with Crippen molar-refractivity contribution < 1.29 is 0 Å². The van der Waals surface area contributed by atoms with E-state index in [9.17, 15) is 0 Å². The van der Waals surface area contributed by atoms with Crippen molar-refractivity contribution >= 4 is 5.57 Å². The van der Waals surface area contributed by atoms with Gasteiger partial charge in [-0.3, -0.25) is 0 Å². The van der Waals surface area contributed by atoms with Crippen LogP contribution in [0.3, 0.4) is 0 Å². The van der Waals surface area contributed by atoms with E-state index in [1.54, 1.807) is 12.4 Å². The molecule has 0 aliphatic heterocycles. The van der Waals surface area contributed by atoms with Crippen LogP contribution >= 0.6 is 0 Å². The molecule has 1 aromatic rings. The van der Waals surface area contributed by atoms with Crippen molar-refractivity contribution in [3.05, 3.63) is 42.0 Å². The van der Waals surface area contributed by atoms with Crippen LogP contribution in [-0.2, 0) is 0 Å². The third-order valence-electron chi connectivity index (χ3n) is 2.44. The molecule has 0 amide bonds. The molecule has 0 bridgehead atoms. The molecule has 0 spiro atoms. The van der Waals surface area contributed by atoms with Gasteiger partial charge >= 0.3 is 0 Å². The average Bonchev–Trinajstić information content (AvgIpc) is 2.30. The van der Waals surface area contributed by atoms with Crippen LogP contribution in [0.15, 0.2) is 36.2 Å². The Morgan fingerprint density at radius 2 is 2.07 bits per heavy atom. The molecule has 1 aliphatic carbocycles. The molecule has 14 heavy (non-hydrogen) atoms. The second-order valence-electron chi connectivity index (χ2n) is 3.41. The second kappa shape index (κ2) is 4.18. The van der Waals surface area contributed by atoms with Gasteiger partial charge < -0.3 is 0 Å². The van der Waals surface area contributed by atoms with E-state index >= 15 is 0 Å². The first-order valence-electron chi connectivity index (χ1n) is 5.07. The van der Waals surface area contributed by atoms with Gasteiger partial charge in [-0.25, -0.2) is 9.97 Å². The number of allylic oxidation sites excluding steroid dienone is 4. The first kappa shape index (κ1) is 9.13. The second-order valence-corrected chi connectivity index (χ2v) is 3.41. The lowest BCUT2D eigenvalue weighted by Crippen LogP contribution is -1.96. The van der Waals surface area contributed by atoms with Crippen molar-refractivity contribution in [2.24, 2.45) is 0 Å². The predicted molar refractivity (Wildman–Crippen MR) is 57.6 cm³/mol. The maximum atomic E-state index is 4.26. The van der Waals surface area contributed by atoms with Crippen LogP contribution in [0.1, 0.15) is 32.0 Å². The summed E-state index contributed by atoms with van der Waals surface area (Å²) in [5.41, 5.74) is 2.67. The summed E-state index contributed by atoms with van der Waals surface area (Å²) in [6, 6.07) is 1.85. The van der Waals surface area contributed by atoms with Gasteiger partial charge in [-0.1, -0.05) is 24.6 Å². The Labute approximate surface area is 84.4 Å². The summed E-state index contributed by atoms with van der Waals surface area (Å²) in [5.74, 6) is 0.881. The molecule has 1 aliphatic rings. The molecule has 0 unspecified atom stereocenters. The number of aromatic nitrogens is 2. The summed E-state index contributed by atoms with van der Waals surface area (Å²) in [6.07, 6.45) is 11.4. The minimum Gasteiger partial charge on any atom is -0.237 e. The number of hydrogen-bond acceptors (Lipinski definition) is 2. The molecule has 0 N–H and O–H groups in total. The van der Waals surface area contributed by atoms with Crippen LogP contribution in [0, 0.1) is 0 Å². The normalized spacial score (nSPS) is 16.1. The zero-order valence-electron chi connectivity index (χ0n) is 8.40. The summed E-state index contributed by atoms with van der Waals surface area (Å²) in [4.78, 5) is 8.53. The maximum absolute atomic E-state index is 4.26. The Morgan fingerprint density at radius 3 is 2.79 bits per heavy atom. The minimum absolute atomic E-state index is 0.881.